The van der Waals surface area contributed by atoms with Crippen molar-refractivity contribution in [3.8, 4) is 0 Å². The summed E-state index contributed by atoms with van der Waals surface area (Å²) in [6.45, 7) is 3.54. The maximum Gasteiger partial charge on any atom is 0.0945 e. The summed E-state index contributed by atoms with van der Waals surface area (Å²) in [6, 6.07) is 12.2. The highest BCUT2D eigenvalue weighted by Crippen LogP contribution is 2.15. The number of ether oxygens (including phenoxy) is 1. The Kier molecular flexibility index (Phi) is 6.05. The second-order valence-corrected chi connectivity index (χ2v) is 5.67. The van der Waals surface area contributed by atoms with Gasteiger partial charge in [0.05, 0.1) is 19.3 Å². The third-order valence-electron chi connectivity index (χ3n) is 3.06. The molecule has 0 aliphatic rings. The predicted octanol–water partition coefficient (Wildman–Crippen LogP) is 3.30. The smallest absolute Gasteiger partial charge is 0.0945 e. The fourth-order valence-electron chi connectivity index (χ4n) is 1.98. The van der Waals surface area contributed by atoms with E-state index in [4.69, 9.17) is 4.74 Å². The second-order valence-electron chi connectivity index (χ2n) is 4.64. The molecule has 0 spiro atoms. The number of anilines is 1. The van der Waals surface area contributed by atoms with Crippen LogP contribution >= 0.6 is 11.3 Å². The van der Waals surface area contributed by atoms with Gasteiger partial charge in [0, 0.05) is 17.1 Å². The molecule has 0 saturated carbocycles. The van der Waals surface area contributed by atoms with E-state index in [0.29, 0.717) is 19.8 Å². The van der Waals surface area contributed by atoms with E-state index in [0.717, 1.165) is 12.1 Å². The van der Waals surface area contributed by atoms with Crippen LogP contribution in [0, 0.1) is 0 Å². The fourth-order valence-corrected chi connectivity index (χ4v) is 2.62. The van der Waals surface area contributed by atoms with E-state index in [1.54, 1.807) is 11.3 Å². The highest BCUT2D eigenvalue weighted by atomic mass is 32.1. The van der Waals surface area contributed by atoms with Gasteiger partial charge in [-0.05, 0) is 29.5 Å². The van der Waals surface area contributed by atoms with Gasteiger partial charge in [-0.2, -0.15) is 0 Å². The molecule has 0 bridgehead atoms. The first-order valence-corrected chi connectivity index (χ1v) is 7.77. The van der Waals surface area contributed by atoms with E-state index in [1.165, 1.54) is 10.4 Å². The third kappa shape index (κ3) is 4.63. The van der Waals surface area contributed by atoms with Crippen LogP contribution in [0.25, 0.3) is 0 Å². The Morgan fingerprint density at radius 1 is 1.25 bits per heavy atom. The van der Waals surface area contributed by atoms with E-state index in [-0.39, 0.29) is 0 Å². The summed E-state index contributed by atoms with van der Waals surface area (Å²) in [7, 11) is 0. The Morgan fingerprint density at radius 2 is 2.10 bits per heavy atom. The lowest BCUT2D eigenvalue weighted by atomic mass is 10.1. The van der Waals surface area contributed by atoms with Gasteiger partial charge in [0.2, 0.25) is 0 Å². The molecule has 1 unspecified atom stereocenters. The van der Waals surface area contributed by atoms with Gasteiger partial charge in [-0.1, -0.05) is 31.2 Å². The Bertz CT molecular complexity index is 499. The van der Waals surface area contributed by atoms with Crippen molar-refractivity contribution in [2.24, 2.45) is 0 Å². The predicted molar refractivity (Wildman–Crippen MR) is 84.3 cm³/mol. The first-order chi connectivity index (χ1) is 9.79. The largest absolute Gasteiger partial charge is 0.389 e. The summed E-state index contributed by atoms with van der Waals surface area (Å²) in [6.07, 6.45) is 0.480. The summed E-state index contributed by atoms with van der Waals surface area (Å²) in [5.41, 5.74) is 2.35. The molecule has 0 saturated heterocycles. The number of rotatable bonds is 8. The molecule has 1 heterocycles. The summed E-state index contributed by atoms with van der Waals surface area (Å²) in [5, 5.41) is 15.2. The van der Waals surface area contributed by atoms with Crippen molar-refractivity contribution in [1.29, 1.82) is 0 Å². The van der Waals surface area contributed by atoms with Crippen LogP contribution in [0.3, 0.4) is 0 Å². The molecule has 2 rings (SSSR count). The number of aliphatic hydroxyl groups is 1. The first-order valence-electron chi connectivity index (χ1n) is 6.89. The van der Waals surface area contributed by atoms with Gasteiger partial charge in [-0.3, -0.25) is 0 Å². The van der Waals surface area contributed by atoms with Crippen molar-refractivity contribution >= 4 is 17.0 Å². The molecule has 0 fully saturated rings. The molecule has 3 nitrogen and oxygen atoms in total. The summed E-state index contributed by atoms with van der Waals surface area (Å²) in [4.78, 5) is 1.18. The lowest BCUT2D eigenvalue weighted by molar-refractivity contribution is 0.0359. The molecule has 108 valence electrons. The molecular weight excluding hydrogens is 270 g/mol. The first kappa shape index (κ1) is 15.0. The van der Waals surface area contributed by atoms with Gasteiger partial charge in [0.1, 0.15) is 0 Å². The van der Waals surface area contributed by atoms with E-state index in [1.807, 2.05) is 35.7 Å². The number of aryl methyl sites for hydroxylation is 1. The molecule has 1 aromatic heterocycles. The van der Waals surface area contributed by atoms with Crippen LogP contribution in [0.1, 0.15) is 17.4 Å². The number of para-hydroxylation sites is 1. The second kappa shape index (κ2) is 8.04. The summed E-state index contributed by atoms with van der Waals surface area (Å²) >= 11 is 1.67. The number of aliphatic hydroxyl groups excluding tert-OH is 1. The van der Waals surface area contributed by atoms with Crippen LogP contribution in [-0.4, -0.2) is 24.4 Å². The molecule has 20 heavy (non-hydrogen) atoms. The zero-order chi connectivity index (χ0) is 14.2. The van der Waals surface area contributed by atoms with Crippen molar-refractivity contribution in [2.45, 2.75) is 26.1 Å². The SMILES string of the molecule is CCc1ccccc1NCC(O)COCc1cccs1. The van der Waals surface area contributed by atoms with Crippen LogP contribution < -0.4 is 5.32 Å². The molecule has 0 aliphatic carbocycles. The average Bonchev–Trinajstić information content (AvgIpc) is 2.98. The molecule has 4 heteroatoms. The fraction of sp³-hybridized carbons (Fsp3) is 0.375. The number of hydrogen-bond donors (Lipinski definition) is 2. The summed E-state index contributed by atoms with van der Waals surface area (Å²) < 4.78 is 5.51. The molecule has 0 aliphatic heterocycles. The van der Waals surface area contributed by atoms with E-state index in [9.17, 15) is 5.11 Å². The molecule has 1 atom stereocenters. The maximum absolute atomic E-state index is 9.92. The molecule has 1 aromatic carbocycles. The number of benzene rings is 1. The Morgan fingerprint density at radius 3 is 2.85 bits per heavy atom. The average molecular weight is 291 g/mol. The minimum absolute atomic E-state index is 0.346. The maximum atomic E-state index is 9.92. The van der Waals surface area contributed by atoms with E-state index >= 15 is 0 Å². The van der Waals surface area contributed by atoms with Gasteiger partial charge < -0.3 is 15.2 Å². The molecule has 2 aromatic rings. The van der Waals surface area contributed by atoms with Crippen LogP contribution in [0.15, 0.2) is 41.8 Å². The van der Waals surface area contributed by atoms with Crippen molar-refractivity contribution < 1.29 is 9.84 Å². The van der Waals surface area contributed by atoms with Crippen molar-refractivity contribution in [2.75, 3.05) is 18.5 Å². The molecule has 0 amide bonds. The van der Waals surface area contributed by atoms with E-state index in [2.05, 4.69) is 18.3 Å². The minimum atomic E-state index is -0.500. The molecular formula is C16H21NO2S. The lowest BCUT2D eigenvalue weighted by Gasteiger charge is -2.15. The normalized spacial score (nSPS) is 12.3. The van der Waals surface area contributed by atoms with Crippen molar-refractivity contribution in [3.63, 3.8) is 0 Å². The summed E-state index contributed by atoms with van der Waals surface area (Å²) in [5.74, 6) is 0. The highest BCUT2D eigenvalue weighted by molar-refractivity contribution is 7.09. The Balaban J connectivity index is 1.70. The Hall–Kier alpha value is -1.36. The zero-order valence-electron chi connectivity index (χ0n) is 11.7. The lowest BCUT2D eigenvalue weighted by Crippen LogP contribution is -2.25. The van der Waals surface area contributed by atoms with Crippen LogP contribution in [0.2, 0.25) is 0 Å². The zero-order valence-corrected chi connectivity index (χ0v) is 12.5. The molecule has 2 N–H and O–H groups in total. The van der Waals surface area contributed by atoms with Crippen LogP contribution in [0.4, 0.5) is 5.69 Å². The number of nitrogens with one attached hydrogen (secondary N) is 1. The highest BCUT2D eigenvalue weighted by Gasteiger charge is 2.06. The standard InChI is InChI=1S/C16H21NO2S/c1-2-13-6-3-4-8-16(13)17-10-14(18)11-19-12-15-7-5-9-20-15/h3-9,14,17-18H,2,10-12H2,1H3. The van der Waals surface area contributed by atoms with Crippen molar-refractivity contribution in [1.82, 2.24) is 0 Å². The number of thiophene rings is 1. The van der Waals surface area contributed by atoms with Gasteiger partial charge in [-0.15, -0.1) is 11.3 Å². The minimum Gasteiger partial charge on any atom is -0.389 e. The monoisotopic (exact) mass is 291 g/mol. The Labute approximate surface area is 124 Å². The van der Waals surface area contributed by atoms with Gasteiger partial charge in [-0.25, -0.2) is 0 Å². The number of hydrogen-bond acceptors (Lipinski definition) is 4. The quantitative estimate of drug-likeness (QED) is 0.784. The van der Waals surface area contributed by atoms with Crippen molar-refractivity contribution in [3.05, 3.63) is 52.2 Å². The topological polar surface area (TPSA) is 41.5 Å². The van der Waals surface area contributed by atoms with Crippen LogP contribution in [-0.2, 0) is 17.8 Å². The van der Waals surface area contributed by atoms with Gasteiger partial charge in [0.15, 0.2) is 0 Å². The molecule has 0 radical (unpaired) electrons. The van der Waals surface area contributed by atoms with Gasteiger partial charge >= 0.3 is 0 Å². The third-order valence-corrected chi connectivity index (χ3v) is 3.91. The van der Waals surface area contributed by atoms with Crippen LogP contribution in [0.5, 0.6) is 0 Å². The van der Waals surface area contributed by atoms with Gasteiger partial charge in [0.25, 0.3) is 0 Å². The van der Waals surface area contributed by atoms with E-state index < -0.39 is 6.10 Å².